The molecule has 0 bridgehead atoms. The molecule has 0 atom stereocenters. The normalized spacial score (nSPS) is 13.6. The Kier molecular flexibility index (Phi) is 3.24. The Bertz CT molecular complexity index is 652. The molecule has 0 aliphatic carbocycles. The van der Waals surface area contributed by atoms with Crippen molar-refractivity contribution in [3.05, 3.63) is 83.7 Å². The molecule has 0 amide bonds. The number of nitrogens with zero attached hydrogens (tertiary/aromatic N) is 2. The first kappa shape index (κ1) is 11.5. The maximum atomic E-state index is 4.26. The van der Waals surface area contributed by atoms with Crippen molar-refractivity contribution in [2.24, 2.45) is 4.99 Å². The molecule has 91 valence electrons. The Morgan fingerprint density at radius 2 is 1.53 bits per heavy atom. The Labute approximate surface area is 112 Å². The van der Waals surface area contributed by atoms with Crippen LogP contribution in [0.1, 0.15) is 16.7 Å². The Balaban J connectivity index is 1.91. The van der Waals surface area contributed by atoms with Gasteiger partial charge in [0.2, 0.25) is 0 Å². The van der Waals surface area contributed by atoms with Crippen LogP contribution in [0.5, 0.6) is 0 Å². The van der Waals surface area contributed by atoms with Crippen molar-refractivity contribution in [3.8, 4) is 0 Å². The van der Waals surface area contributed by atoms with Crippen LogP contribution in [0.25, 0.3) is 12.2 Å². The van der Waals surface area contributed by atoms with Gasteiger partial charge in [0.05, 0.1) is 0 Å². The lowest BCUT2D eigenvalue weighted by molar-refractivity contribution is 1.29. The molecule has 2 heteroatoms. The van der Waals surface area contributed by atoms with Crippen LogP contribution in [0.3, 0.4) is 0 Å². The highest BCUT2D eigenvalue weighted by Crippen LogP contribution is 2.15. The third-order valence-corrected chi connectivity index (χ3v) is 2.92. The average molecular weight is 245 g/mol. The minimum Gasteiger partial charge on any atom is -0.235 e. The summed E-state index contributed by atoms with van der Waals surface area (Å²) in [5.41, 5.74) is 3.36. The van der Waals surface area contributed by atoms with E-state index in [1.165, 1.54) is 5.56 Å². The summed E-state index contributed by atoms with van der Waals surface area (Å²) in [5.74, 6) is 0.772. The summed E-state index contributed by atoms with van der Waals surface area (Å²) in [6.45, 7) is 0. The molecule has 0 spiro atoms. The largest absolute Gasteiger partial charge is 0.235 e. The molecule has 0 N–H and O–H groups in total. The smallest absolute Gasteiger partial charge is 0.159 e. The standard InChI is InChI=1S/C17H13N2/c1-2-6-14(7-3-1)10-11-15-8-4-5-9-16(15)17-18-12-13-19-17/h1-13H/b11-10+. The zero-order valence-electron chi connectivity index (χ0n) is 10.4. The van der Waals surface area contributed by atoms with Gasteiger partial charge in [-0.2, -0.15) is 0 Å². The summed E-state index contributed by atoms with van der Waals surface area (Å²) in [6, 6.07) is 18.4. The predicted octanol–water partition coefficient (Wildman–Crippen LogP) is 3.69. The van der Waals surface area contributed by atoms with Crippen LogP contribution in [0.15, 0.2) is 72.0 Å². The second-order valence-corrected chi connectivity index (χ2v) is 4.21. The molecule has 0 unspecified atom stereocenters. The fourth-order valence-corrected chi connectivity index (χ4v) is 1.98. The topological polar surface area (TPSA) is 26.5 Å². The molecule has 2 nitrogen and oxygen atoms in total. The third kappa shape index (κ3) is 2.63. The van der Waals surface area contributed by atoms with Gasteiger partial charge in [-0.15, -0.1) is 0 Å². The van der Waals surface area contributed by atoms with E-state index in [1.54, 1.807) is 12.4 Å². The van der Waals surface area contributed by atoms with Crippen LogP contribution in [0.2, 0.25) is 0 Å². The lowest BCUT2D eigenvalue weighted by Gasteiger charge is -2.04. The molecular weight excluding hydrogens is 232 g/mol. The molecule has 1 heterocycles. The first-order valence-corrected chi connectivity index (χ1v) is 6.20. The van der Waals surface area contributed by atoms with E-state index in [0.717, 1.165) is 17.0 Å². The highest BCUT2D eigenvalue weighted by Gasteiger charge is 2.09. The number of rotatable bonds is 3. The summed E-state index contributed by atoms with van der Waals surface area (Å²) in [6.07, 6.45) is 7.63. The lowest BCUT2D eigenvalue weighted by atomic mass is 10.0. The number of benzene rings is 2. The van der Waals surface area contributed by atoms with Crippen molar-refractivity contribution >= 4 is 18.0 Å². The van der Waals surface area contributed by atoms with E-state index in [0.29, 0.717) is 0 Å². The van der Waals surface area contributed by atoms with E-state index in [-0.39, 0.29) is 0 Å². The van der Waals surface area contributed by atoms with Crippen molar-refractivity contribution in [2.75, 3.05) is 0 Å². The second-order valence-electron chi connectivity index (χ2n) is 4.21. The number of hydrogen-bond donors (Lipinski definition) is 0. The third-order valence-electron chi connectivity index (χ3n) is 2.92. The fraction of sp³-hybridized carbons (Fsp3) is 0. The highest BCUT2D eigenvalue weighted by molar-refractivity contribution is 6.04. The van der Waals surface area contributed by atoms with Crippen LogP contribution >= 0.6 is 0 Å². The van der Waals surface area contributed by atoms with Crippen LogP contribution in [-0.4, -0.2) is 5.84 Å². The molecule has 2 aromatic rings. The summed E-state index contributed by atoms with van der Waals surface area (Å²) >= 11 is 0. The molecule has 1 aliphatic heterocycles. The Hall–Kier alpha value is -2.61. The molecule has 1 aliphatic rings. The lowest BCUT2D eigenvalue weighted by Crippen LogP contribution is -2.09. The first-order chi connectivity index (χ1) is 9.43. The molecule has 0 saturated heterocycles. The van der Waals surface area contributed by atoms with Crippen molar-refractivity contribution in [1.82, 2.24) is 5.32 Å². The van der Waals surface area contributed by atoms with Crippen molar-refractivity contribution in [1.29, 1.82) is 0 Å². The first-order valence-electron chi connectivity index (χ1n) is 6.20. The summed E-state index contributed by atoms with van der Waals surface area (Å²) in [4.78, 5) is 4.26. The van der Waals surface area contributed by atoms with Gasteiger partial charge in [0.15, 0.2) is 5.84 Å². The van der Waals surface area contributed by atoms with Gasteiger partial charge in [0.25, 0.3) is 0 Å². The van der Waals surface area contributed by atoms with Crippen LogP contribution in [-0.2, 0) is 0 Å². The molecule has 0 fully saturated rings. The average Bonchev–Trinajstić information content (AvgIpc) is 3.01. The van der Waals surface area contributed by atoms with Crippen LogP contribution in [0, 0.1) is 0 Å². The molecular formula is C17H13N2. The molecule has 1 radical (unpaired) electrons. The Morgan fingerprint density at radius 3 is 2.32 bits per heavy atom. The molecule has 0 saturated carbocycles. The monoisotopic (exact) mass is 245 g/mol. The van der Waals surface area contributed by atoms with Gasteiger partial charge in [0.1, 0.15) is 0 Å². The maximum absolute atomic E-state index is 4.26. The van der Waals surface area contributed by atoms with Crippen molar-refractivity contribution in [2.45, 2.75) is 0 Å². The van der Waals surface area contributed by atoms with Gasteiger partial charge < -0.3 is 0 Å². The number of hydrogen-bond acceptors (Lipinski definition) is 1. The van der Waals surface area contributed by atoms with Crippen molar-refractivity contribution < 1.29 is 0 Å². The van der Waals surface area contributed by atoms with Gasteiger partial charge in [-0.3, -0.25) is 0 Å². The quantitative estimate of drug-likeness (QED) is 0.737. The predicted molar refractivity (Wildman–Crippen MR) is 79.6 cm³/mol. The van der Waals surface area contributed by atoms with E-state index in [4.69, 9.17) is 0 Å². The molecule has 0 aromatic heterocycles. The minimum atomic E-state index is 0.772. The number of aliphatic imine (C=N–C) groups is 1. The maximum Gasteiger partial charge on any atom is 0.159 e. The van der Waals surface area contributed by atoms with Crippen LogP contribution < -0.4 is 5.32 Å². The highest BCUT2D eigenvalue weighted by atomic mass is 15.0. The number of amidine groups is 1. The van der Waals surface area contributed by atoms with Gasteiger partial charge in [-0.1, -0.05) is 66.7 Å². The van der Waals surface area contributed by atoms with Gasteiger partial charge in [0, 0.05) is 18.0 Å². The van der Waals surface area contributed by atoms with Gasteiger partial charge in [-0.05, 0) is 11.1 Å². The molecule has 2 aromatic carbocycles. The Morgan fingerprint density at radius 1 is 0.737 bits per heavy atom. The minimum absolute atomic E-state index is 0.772. The van der Waals surface area contributed by atoms with Crippen molar-refractivity contribution in [3.63, 3.8) is 0 Å². The van der Waals surface area contributed by atoms with E-state index < -0.39 is 0 Å². The molecule has 19 heavy (non-hydrogen) atoms. The van der Waals surface area contributed by atoms with E-state index in [1.807, 2.05) is 36.4 Å². The zero-order valence-corrected chi connectivity index (χ0v) is 10.4. The van der Waals surface area contributed by atoms with Crippen LogP contribution in [0.4, 0.5) is 0 Å². The van der Waals surface area contributed by atoms with E-state index in [2.05, 4.69) is 40.7 Å². The van der Waals surface area contributed by atoms with Gasteiger partial charge in [-0.25, -0.2) is 10.3 Å². The SMILES string of the molecule is C1=CN=C(c2ccccc2/C=C/c2ccccc2)[N]1. The zero-order chi connectivity index (χ0) is 12.9. The molecule has 3 rings (SSSR count). The fourth-order valence-electron chi connectivity index (χ4n) is 1.98. The summed E-state index contributed by atoms with van der Waals surface area (Å²) in [7, 11) is 0. The van der Waals surface area contributed by atoms with E-state index in [9.17, 15) is 0 Å². The second kappa shape index (κ2) is 5.36. The van der Waals surface area contributed by atoms with E-state index >= 15 is 0 Å². The summed E-state index contributed by atoms with van der Waals surface area (Å²) < 4.78 is 0. The van der Waals surface area contributed by atoms with Gasteiger partial charge >= 0.3 is 0 Å². The summed E-state index contributed by atoms with van der Waals surface area (Å²) in [5, 5.41) is 4.26.